The molecular weight excluding hydrogens is 325 g/mol. The van der Waals surface area contributed by atoms with Crippen LogP contribution >= 0.6 is 0 Å². The van der Waals surface area contributed by atoms with E-state index in [-0.39, 0.29) is 4.90 Å². The minimum atomic E-state index is -4.02. The highest BCUT2D eigenvalue weighted by Gasteiger charge is 2.24. The number of carbonyl (C=O) groups is 1. The summed E-state index contributed by atoms with van der Waals surface area (Å²) < 4.78 is 44.5. The first kappa shape index (κ1) is 16.8. The van der Waals surface area contributed by atoms with Gasteiger partial charge in [-0.25, -0.2) is 17.6 Å². The summed E-state index contributed by atoms with van der Waals surface area (Å²) in [5.74, 6) is -1.97. The highest BCUT2D eigenvalue weighted by Crippen LogP contribution is 2.25. The van der Waals surface area contributed by atoms with E-state index >= 15 is 0 Å². The van der Waals surface area contributed by atoms with Crippen molar-refractivity contribution in [2.45, 2.75) is 4.90 Å². The Morgan fingerprint density at radius 1 is 1.17 bits per heavy atom. The molecule has 122 valence electrons. The first-order chi connectivity index (χ1) is 10.8. The van der Waals surface area contributed by atoms with Crippen LogP contribution in [0.2, 0.25) is 0 Å². The highest BCUT2D eigenvalue weighted by atomic mass is 32.2. The third-order valence-corrected chi connectivity index (χ3v) is 5.04. The summed E-state index contributed by atoms with van der Waals surface area (Å²) in [5.41, 5.74) is -0.346. The maximum atomic E-state index is 13.4. The summed E-state index contributed by atoms with van der Waals surface area (Å²) in [5, 5.41) is 8.91. The summed E-state index contributed by atoms with van der Waals surface area (Å²) in [4.78, 5) is 10.6. The van der Waals surface area contributed by atoms with Crippen LogP contribution in [-0.2, 0) is 10.0 Å². The number of ether oxygens (including phenoxy) is 1. The second kappa shape index (κ2) is 6.25. The van der Waals surface area contributed by atoms with Gasteiger partial charge in [0, 0.05) is 7.05 Å². The van der Waals surface area contributed by atoms with Gasteiger partial charge in [-0.05, 0) is 42.5 Å². The fourth-order valence-corrected chi connectivity index (χ4v) is 3.14. The Hall–Kier alpha value is -2.61. The van der Waals surface area contributed by atoms with E-state index in [2.05, 4.69) is 0 Å². The molecule has 0 aliphatic heterocycles. The molecule has 0 aromatic heterocycles. The van der Waals surface area contributed by atoms with E-state index in [0.717, 1.165) is 22.5 Å². The van der Waals surface area contributed by atoms with Crippen LogP contribution in [0.4, 0.5) is 10.1 Å². The number of aromatic carboxylic acids is 1. The molecule has 0 saturated carbocycles. The third kappa shape index (κ3) is 3.26. The fraction of sp³-hybridized carbons (Fsp3) is 0.133. The molecule has 2 aromatic carbocycles. The van der Waals surface area contributed by atoms with Crippen molar-refractivity contribution in [3.63, 3.8) is 0 Å². The lowest BCUT2D eigenvalue weighted by Gasteiger charge is -2.20. The smallest absolute Gasteiger partial charge is 0.338 e. The third-order valence-electron chi connectivity index (χ3n) is 3.26. The number of rotatable bonds is 5. The number of hydrogen-bond acceptors (Lipinski definition) is 4. The molecule has 0 bridgehead atoms. The largest absolute Gasteiger partial charge is 0.497 e. The normalized spacial score (nSPS) is 11.1. The predicted molar refractivity (Wildman–Crippen MR) is 81.9 cm³/mol. The van der Waals surface area contributed by atoms with Gasteiger partial charge in [-0.1, -0.05) is 0 Å². The molecule has 2 aromatic rings. The van der Waals surface area contributed by atoms with E-state index in [9.17, 15) is 17.6 Å². The van der Waals surface area contributed by atoms with Crippen molar-refractivity contribution in [3.8, 4) is 5.75 Å². The Morgan fingerprint density at radius 3 is 2.30 bits per heavy atom. The monoisotopic (exact) mass is 339 g/mol. The summed E-state index contributed by atoms with van der Waals surface area (Å²) in [6.07, 6.45) is 0. The Bertz CT molecular complexity index is 833. The van der Waals surface area contributed by atoms with Gasteiger partial charge in [0.25, 0.3) is 10.0 Å². The van der Waals surface area contributed by atoms with Gasteiger partial charge in [0.2, 0.25) is 0 Å². The Balaban J connectivity index is 2.44. The quantitative estimate of drug-likeness (QED) is 0.904. The van der Waals surface area contributed by atoms with Gasteiger partial charge in [0.05, 0.1) is 23.3 Å². The number of benzene rings is 2. The standard InChI is InChI=1S/C15H14FNO5S/c1-17(10-3-5-11(22-2)6-4-10)23(20,21)12-7-8-14(16)13(9-12)15(18)19/h3-9H,1-2H3,(H,18,19). The zero-order valence-electron chi connectivity index (χ0n) is 12.4. The first-order valence-electron chi connectivity index (χ1n) is 6.43. The predicted octanol–water partition coefficient (Wildman–Crippen LogP) is 2.36. The number of methoxy groups -OCH3 is 1. The summed E-state index contributed by atoms with van der Waals surface area (Å²) in [6, 6.07) is 8.90. The molecular formula is C15H14FNO5S. The molecule has 23 heavy (non-hydrogen) atoms. The van der Waals surface area contributed by atoms with Gasteiger partial charge in [-0.2, -0.15) is 0 Å². The summed E-state index contributed by atoms with van der Waals surface area (Å²) in [7, 11) is -1.21. The maximum absolute atomic E-state index is 13.4. The lowest BCUT2D eigenvalue weighted by molar-refractivity contribution is 0.0691. The number of hydrogen-bond donors (Lipinski definition) is 1. The number of halogens is 1. The Labute approximate surface area is 132 Å². The number of nitrogens with zero attached hydrogens (tertiary/aromatic N) is 1. The van der Waals surface area contributed by atoms with Crippen molar-refractivity contribution in [1.82, 2.24) is 0 Å². The highest BCUT2D eigenvalue weighted by molar-refractivity contribution is 7.92. The van der Waals surface area contributed by atoms with Crippen LogP contribution in [0.25, 0.3) is 0 Å². The molecule has 0 fully saturated rings. The van der Waals surface area contributed by atoms with E-state index in [0.29, 0.717) is 11.4 Å². The van der Waals surface area contributed by atoms with E-state index in [4.69, 9.17) is 9.84 Å². The molecule has 0 saturated heterocycles. The lowest BCUT2D eigenvalue weighted by atomic mass is 10.2. The Kier molecular flexibility index (Phi) is 4.55. The molecule has 0 aliphatic rings. The minimum absolute atomic E-state index is 0.311. The summed E-state index contributed by atoms with van der Waals surface area (Å²) in [6.45, 7) is 0. The van der Waals surface area contributed by atoms with Crippen molar-refractivity contribution in [1.29, 1.82) is 0 Å². The second-order valence-corrected chi connectivity index (χ2v) is 6.59. The molecule has 2 rings (SSSR count). The molecule has 1 N–H and O–H groups in total. The van der Waals surface area contributed by atoms with Crippen molar-refractivity contribution < 1.29 is 27.4 Å². The van der Waals surface area contributed by atoms with E-state index < -0.39 is 27.4 Å². The molecule has 0 atom stereocenters. The van der Waals surface area contributed by atoms with Crippen molar-refractivity contribution in [3.05, 3.63) is 53.8 Å². The van der Waals surface area contributed by atoms with Gasteiger partial charge >= 0.3 is 5.97 Å². The van der Waals surface area contributed by atoms with E-state index in [1.54, 1.807) is 12.1 Å². The van der Waals surface area contributed by atoms with Crippen molar-refractivity contribution in [2.75, 3.05) is 18.5 Å². The minimum Gasteiger partial charge on any atom is -0.497 e. The lowest BCUT2D eigenvalue weighted by Crippen LogP contribution is -2.26. The van der Waals surface area contributed by atoms with Gasteiger partial charge in [0.15, 0.2) is 0 Å². The van der Waals surface area contributed by atoms with Gasteiger partial charge in [0.1, 0.15) is 11.6 Å². The molecule has 8 heteroatoms. The SMILES string of the molecule is COc1ccc(N(C)S(=O)(=O)c2ccc(F)c(C(=O)O)c2)cc1. The number of sulfonamides is 1. The number of carboxylic acid groups (broad SMARTS) is 1. The zero-order valence-corrected chi connectivity index (χ0v) is 13.2. The van der Waals surface area contributed by atoms with Gasteiger partial charge in [-0.15, -0.1) is 0 Å². The first-order valence-corrected chi connectivity index (χ1v) is 7.87. The molecule has 0 aliphatic carbocycles. The molecule has 0 spiro atoms. The zero-order chi connectivity index (χ0) is 17.2. The van der Waals surface area contributed by atoms with Gasteiger partial charge < -0.3 is 9.84 Å². The van der Waals surface area contributed by atoms with Crippen LogP contribution in [0, 0.1) is 5.82 Å². The molecule has 6 nitrogen and oxygen atoms in total. The van der Waals surface area contributed by atoms with Crippen LogP contribution in [0.15, 0.2) is 47.4 Å². The van der Waals surface area contributed by atoms with Crippen LogP contribution in [0.3, 0.4) is 0 Å². The molecule has 0 radical (unpaired) electrons. The maximum Gasteiger partial charge on any atom is 0.338 e. The topological polar surface area (TPSA) is 83.9 Å². The van der Waals surface area contributed by atoms with Crippen LogP contribution < -0.4 is 9.04 Å². The van der Waals surface area contributed by atoms with Gasteiger partial charge in [-0.3, -0.25) is 4.31 Å². The average Bonchev–Trinajstić information content (AvgIpc) is 2.54. The van der Waals surface area contributed by atoms with E-state index in [1.165, 1.54) is 26.3 Å². The molecule has 0 amide bonds. The van der Waals surface area contributed by atoms with Crippen LogP contribution in [0.1, 0.15) is 10.4 Å². The van der Waals surface area contributed by atoms with Crippen molar-refractivity contribution in [2.24, 2.45) is 0 Å². The molecule has 0 heterocycles. The fourth-order valence-electron chi connectivity index (χ4n) is 1.92. The number of carboxylic acids is 1. The van der Waals surface area contributed by atoms with Crippen LogP contribution in [0.5, 0.6) is 5.75 Å². The average molecular weight is 339 g/mol. The van der Waals surface area contributed by atoms with Crippen molar-refractivity contribution >= 4 is 21.7 Å². The number of anilines is 1. The van der Waals surface area contributed by atoms with Crippen LogP contribution in [-0.4, -0.2) is 33.7 Å². The Morgan fingerprint density at radius 2 is 1.78 bits per heavy atom. The molecule has 0 unspecified atom stereocenters. The second-order valence-electron chi connectivity index (χ2n) is 4.62. The van der Waals surface area contributed by atoms with E-state index in [1.807, 2.05) is 0 Å². The summed E-state index contributed by atoms with van der Waals surface area (Å²) >= 11 is 0.